The maximum Gasteiger partial charge on any atom is 0.0900 e. The summed E-state index contributed by atoms with van der Waals surface area (Å²) in [5.41, 5.74) is 0.776. The van der Waals surface area contributed by atoms with Crippen molar-refractivity contribution in [1.29, 1.82) is 0 Å². The molecule has 0 amide bonds. The normalized spacial score (nSPS) is 26.5. The molecule has 1 aromatic heterocycles. The predicted octanol–water partition coefficient (Wildman–Crippen LogP) is 0.944. The minimum Gasteiger partial charge on any atom is -0.366 e. The van der Waals surface area contributed by atoms with Gasteiger partial charge in [-0.05, 0) is 13.5 Å². The Kier molecular flexibility index (Phi) is 3.16. The molecule has 0 aliphatic carbocycles. The Labute approximate surface area is 101 Å². The fourth-order valence-electron chi connectivity index (χ4n) is 2.16. The van der Waals surface area contributed by atoms with Crippen LogP contribution < -0.4 is 5.32 Å². The zero-order valence-electron chi connectivity index (χ0n) is 9.60. The number of rotatable bonds is 2. The lowest BCUT2D eigenvalue weighted by Crippen LogP contribution is -2.58. The van der Waals surface area contributed by atoms with Crippen LogP contribution in [0.15, 0.2) is 18.6 Å². The Bertz CT molecular complexity index is 381. The fourth-order valence-corrected chi connectivity index (χ4v) is 2.54. The third kappa shape index (κ3) is 1.81. The van der Waals surface area contributed by atoms with E-state index in [1.165, 1.54) is 0 Å². The zero-order valence-corrected chi connectivity index (χ0v) is 10.4. The molecule has 2 heterocycles. The lowest BCUT2D eigenvalue weighted by atomic mass is 9.80. The van der Waals surface area contributed by atoms with E-state index in [2.05, 4.69) is 34.2 Å². The Morgan fingerprint density at radius 1 is 1.56 bits per heavy atom. The van der Waals surface area contributed by atoms with Crippen LogP contribution in [0.2, 0.25) is 0 Å². The average molecular weight is 236 g/mol. The van der Waals surface area contributed by atoms with Gasteiger partial charge in [0.15, 0.2) is 0 Å². The molecule has 4 nitrogen and oxygen atoms in total. The number of nitrogens with zero attached hydrogens (tertiary/aromatic N) is 3. The number of nitrogens with one attached hydrogen (secondary N) is 1. The number of hydrogen-bond donors (Lipinski definition) is 1. The van der Waals surface area contributed by atoms with Gasteiger partial charge in [-0.15, -0.1) is 0 Å². The minimum absolute atomic E-state index is 0.184. The summed E-state index contributed by atoms with van der Waals surface area (Å²) in [6.45, 7) is 3.84. The van der Waals surface area contributed by atoms with Gasteiger partial charge >= 0.3 is 0 Å². The van der Waals surface area contributed by atoms with Crippen molar-refractivity contribution in [2.75, 3.05) is 20.3 Å². The van der Waals surface area contributed by atoms with E-state index in [4.69, 9.17) is 12.2 Å². The fraction of sp³-hybridized carbons (Fsp3) is 0.545. The van der Waals surface area contributed by atoms with E-state index in [0.29, 0.717) is 0 Å². The van der Waals surface area contributed by atoms with Crippen LogP contribution in [0.1, 0.15) is 19.0 Å². The molecule has 86 valence electrons. The van der Waals surface area contributed by atoms with E-state index in [-0.39, 0.29) is 5.41 Å². The van der Waals surface area contributed by atoms with E-state index < -0.39 is 0 Å². The number of likely N-dealkylation sites (N-methyl/N-ethyl adjacent to an activating group) is 1. The highest BCUT2D eigenvalue weighted by Gasteiger charge is 2.40. The largest absolute Gasteiger partial charge is 0.366 e. The molecule has 16 heavy (non-hydrogen) atoms. The summed E-state index contributed by atoms with van der Waals surface area (Å²) in [5.74, 6) is 0. The minimum atomic E-state index is -0.184. The Morgan fingerprint density at radius 2 is 2.38 bits per heavy atom. The van der Waals surface area contributed by atoms with Gasteiger partial charge < -0.3 is 5.32 Å². The lowest BCUT2D eigenvalue weighted by molar-refractivity contribution is 0.243. The molecule has 0 aromatic carbocycles. The van der Waals surface area contributed by atoms with Crippen molar-refractivity contribution in [3.8, 4) is 0 Å². The first-order valence-corrected chi connectivity index (χ1v) is 5.83. The average Bonchev–Trinajstić information content (AvgIpc) is 2.33. The van der Waals surface area contributed by atoms with E-state index >= 15 is 0 Å². The molecule has 1 atom stereocenters. The van der Waals surface area contributed by atoms with Gasteiger partial charge in [-0.3, -0.25) is 14.9 Å². The first-order chi connectivity index (χ1) is 7.69. The zero-order chi connectivity index (χ0) is 11.6. The highest BCUT2D eigenvalue weighted by atomic mass is 32.1. The summed E-state index contributed by atoms with van der Waals surface area (Å²) in [6.07, 6.45) is 6.17. The van der Waals surface area contributed by atoms with Crippen LogP contribution in [-0.2, 0) is 5.41 Å². The maximum atomic E-state index is 5.47. The van der Waals surface area contributed by atoms with Crippen LogP contribution in [0.4, 0.5) is 0 Å². The molecule has 1 saturated heterocycles. The van der Waals surface area contributed by atoms with Crippen LogP contribution >= 0.6 is 12.2 Å². The van der Waals surface area contributed by atoms with Gasteiger partial charge in [-0.1, -0.05) is 19.1 Å². The first-order valence-electron chi connectivity index (χ1n) is 5.42. The number of aromatic nitrogens is 2. The molecule has 0 saturated carbocycles. The molecular formula is C11H16N4S. The van der Waals surface area contributed by atoms with E-state index in [1.807, 2.05) is 6.20 Å². The Balaban J connectivity index is 2.41. The highest BCUT2D eigenvalue weighted by Crippen LogP contribution is 2.30. The van der Waals surface area contributed by atoms with Gasteiger partial charge in [0.25, 0.3) is 0 Å². The second-order valence-corrected chi connectivity index (χ2v) is 4.61. The molecule has 2 rings (SSSR count). The van der Waals surface area contributed by atoms with Crippen molar-refractivity contribution in [2.45, 2.75) is 18.8 Å². The van der Waals surface area contributed by atoms with Gasteiger partial charge in [0.2, 0.25) is 0 Å². The van der Waals surface area contributed by atoms with E-state index in [0.717, 1.165) is 30.3 Å². The summed E-state index contributed by atoms with van der Waals surface area (Å²) in [6, 6.07) is 0. The summed E-state index contributed by atoms with van der Waals surface area (Å²) in [4.78, 5) is 11.7. The van der Waals surface area contributed by atoms with Gasteiger partial charge in [0.1, 0.15) is 0 Å². The molecule has 0 radical (unpaired) electrons. The molecule has 0 bridgehead atoms. The maximum absolute atomic E-state index is 5.47. The van der Waals surface area contributed by atoms with Gasteiger partial charge in [-0.25, -0.2) is 0 Å². The molecular weight excluding hydrogens is 220 g/mol. The standard InChI is InChI=1S/C11H16N4S/c1-3-11(9-6-12-4-5-13-9)7-15(2)8-14-10(11)16/h4-6H,3,7-8H2,1-2H3,(H,14,16). The van der Waals surface area contributed by atoms with Gasteiger partial charge in [0.05, 0.1) is 22.8 Å². The molecule has 1 fully saturated rings. The Hall–Kier alpha value is -1.07. The molecule has 1 unspecified atom stereocenters. The first kappa shape index (κ1) is 11.4. The van der Waals surface area contributed by atoms with Crippen molar-refractivity contribution >= 4 is 17.2 Å². The molecule has 1 aliphatic rings. The molecule has 1 N–H and O–H groups in total. The topological polar surface area (TPSA) is 41.1 Å². The van der Waals surface area contributed by atoms with Crippen molar-refractivity contribution in [3.05, 3.63) is 24.3 Å². The molecule has 1 aliphatic heterocycles. The third-order valence-corrected chi connectivity index (χ3v) is 3.68. The van der Waals surface area contributed by atoms with Gasteiger partial charge in [0, 0.05) is 25.1 Å². The number of hydrogen-bond acceptors (Lipinski definition) is 4. The second-order valence-electron chi connectivity index (χ2n) is 4.20. The van der Waals surface area contributed by atoms with Crippen LogP contribution in [0, 0.1) is 0 Å². The van der Waals surface area contributed by atoms with Crippen molar-refractivity contribution < 1.29 is 0 Å². The van der Waals surface area contributed by atoms with Crippen molar-refractivity contribution in [3.63, 3.8) is 0 Å². The van der Waals surface area contributed by atoms with Crippen molar-refractivity contribution in [1.82, 2.24) is 20.2 Å². The van der Waals surface area contributed by atoms with Crippen LogP contribution in [0.3, 0.4) is 0 Å². The lowest BCUT2D eigenvalue weighted by Gasteiger charge is -2.41. The van der Waals surface area contributed by atoms with Crippen LogP contribution in [0.5, 0.6) is 0 Å². The van der Waals surface area contributed by atoms with Crippen LogP contribution in [0.25, 0.3) is 0 Å². The number of thiocarbonyl (C=S) groups is 1. The summed E-state index contributed by atoms with van der Waals surface area (Å²) < 4.78 is 0. The smallest absolute Gasteiger partial charge is 0.0900 e. The quantitative estimate of drug-likeness (QED) is 0.774. The highest BCUT2D eigenvalue weighted by molar-refractivity contribution is 7.80. The monoisotopic (exact) mass is 236 g/mol. The summed E-state index contributed by atoms with van der Waals surface area (Å²) >= 11 is 5.47. The van der Waals surface area contributed by atoms with Gasteiger partial charge in [-0.2, -0.15) is 0 Å². The predicted molar refractivity (Wildman–Crippen MR) is 67.2 cm³/mol. The summed E-state index contributed by atoms with van der Waals surface area (Å²) in [5, 5.41) is 3.26. The summed E-state index contributed by atoms with van der Waals surface area (Å²) in [7, 11) is 2.08. The third-order valence-electron chi connectivity index (χ3n) is 3.14. The SMILES string of the molecule is CCC1(c2cnccn2)CN(C)CNC1=S. The van der Waals surface area contributed by atoms with Crippen molar-refractivity contribution in [2.24, 2.45) is 0 Å². The van der Waals surface area contributed by atoms with Crippen LogP contribution in [-0.4, -0.2) is 40.1 Å². The Morgan fingerprint density at radius 3 is 3.00 bits per heavy atom. The molecule has 5 heteroatoms. The second kappa shape index (κ2) is 4.43. The van der Waals surface area contributed by atoms with E-state index in [9.17, 15) is 0 Å². The molecule has 1 aromatic rings. The van der Waals surface area contributed by atoms with E-state index in [1.54, 1.807) is 12.4 Å². The molecule has 0 spiro atoms.